The van der Waals surface area contributed by atoms with Gasteiger partial charge in [-0.1, -0.05) is 17.7 Å². The second-order valence-corrected chi connectivity index (χ2v) is 8.83. The Balaban J connectivity index is 1.67. The van der Waals surface area contributed by atoms with E-state index in [0.717, 1.165) is 0 Å². The number of sulfonamides is 1. The third kappa shape index (κ3) is 5.73. The number of nitrogens with one attached hydrogen (secondary N) is 1. The number of esters is 1. The summed E-state index contributed by atoms with van der Waals surface area (Å²) in [5.74, 6) is -0.727. The first-order chi connectivity index (χ1) is 14.8. The lowest BCUT2D eigenvalue weighted by Crippen LogP contribution is -2.40. The number of benzene rings is 2. The van der Waals surface area contributed by atoms with E-state index in [1.54, 1.807) is 18.2 Å². The molecule has 1 fully saturated rings. The Hall–Kier alpha value is -2.66. The Morgan fingerprint density at radius 3 is 2.61 bits per heavy atom. The van der Waals surface area contributed by atoms with E-state index < -0.39 is 21.9 Å². The van der Waals surface area contributed by atoms with Gasteiger partial charge in [-0.2, -0.15) is 4.31 Å². The maximum atomic E-state index is 12.9. The SMILES string of the molecule is COC(=O)c1cccc(OCC(=O)Nc2ccc(Cl)c(S(=O)(=O)N3CCOCC3)c2)c1. The van der Waals surface area contributed by atoms with Crippen molar-refractivity contribution in [1.82, 2.24) is 4.31 Å². The number of carbonyl (C=O) groups excluding carboxylic acids is 2. The average Bonchev–Trinajstić information content (AvgIpc) is 2.79. The number of nitrogens with zero attached hydrogens (tertiary/aromatic N) is 1. The van der Waals surface area contributed by atoms with E-state index in [4.69, 9.17) is 21.1 Å². The van der Waals surface area contributed by atoms with E-state index in [9.17, 15) is 18.0 Å². The number of rotatable bonds is 7. The van der Waals surface area contributed by atoms with E-state index in [0.29, 0.717) is 19.0 Å². The number of hydrogen-bond acceptors (Lipinski definition) is 7. The maximum Gasteiger partial charge on any atom is 0.337 e. The van der Waals surface area contributed by atoms with Gasteiger partial charge in [0.1, 0.15) is 10.6 Å². The Bertz CT molecular complexity index is 1070. The molecule has 0 unspecified atom stereocenters. The number of methoxy groups -OCH3 is 1. The summed E-state index contributed by atoms with van der Waals surface area (Å²) in [6.45, 7) is 0.726. The summed E-state index contributed by atoms with van der Waals surface area (Å²) in [6.07, 6.45) is 0. The Labute approximate surface area is 184 Å². The zero-order valence-corrected chi connectivity index (χ0v) is 18.2. The van der Waals surface area contributed by atoms with Crippen LogP contribution < -0.4 is 10.1 Å². The van der Waals surface area contributed by atoms with E-state index >= 15 is 0 Å². The maximum absolute atomic E-state index is 12.9. The van der Waals surface area contributed by atoms with Crippen LogP contribution in [0, 0.1) is 0 Å². The van der Waals surface area contributed by atoms with Gasteiger partial charge in [0.2, 0.25) is 10.0 Å². The predicted octanol–water partition coefficient (Wildman–Crippen LogP) is 2.17. The van der Waals surface area contributed by atoms with Gasteiger partial charge in [-0.25, -0.2) is 13.2 Å². The minimum absolute atomic E-state index is 0.0559. The van der Waals surface area contributed by atoms with E-state index in [1.807, 2.05) is 0 Å². The summed E-state index contributed by atoms with van der Waals surface area (Å²) >= 11 is 6.12. The molecular formula is C20H21ClN2O7S. The molecule has 0 aromatic heterocycles. The second-order valence-electron chi connectivity index (χ2n) is 6.52. The fraction of sp³-hybridized carbons (Fsp3) is 0.300. The first-order valence-electron chi connectivity index (χ1n) is 9.30. The number of halogens is 1. The fourth-order valence-corrected chi connectivity index (χ4v) is 4.79. The minimum Gasteiger partial charge on any atom is -0.484 e. The molecule has 166 valence electrons. The number of anilines is 1. The van der Waals surface area contributed by atoms with E-state index in [1.165, 1.54) is 35.7 Å². The summed E-state index contributed by atoms with van der Waals surface area (Å²) in [7, 11) is -2.56. The lowest BCUT2D eigenvalue weighted by atomic mass is 10.2. The van der Waals surface area contributed by atoms with Crippen molar-refractivity contribution in [2.75, 3.05) is 45.3 Å². The topological polar surface area (TPSA) is 111 Å². The molecule has 1 N–H and O–H groups in total. The minimum atomic E-state index is -3.83. The van der Waals surface area contributed by atoms with Crippen molar-refractivity contribution in [2.24, 2.45) is 0 Å². The summed E-state index contributed by atoms with van der Waals surface area (Å²) < 4.78 is 42.3. The molecule has 31 heavy (non-hydrogen) atoms. The molecule has 9 nitrogen and oxygen atoms in total. The largest absolute Gasteiger partial charge is 0.484 e. The van der Waals surface area contributed by atoms with Crippen LogP contribution >= 0.6 is 11.6 Å². The third-order valence-corrected chi connectivity index (χ3v) is 6.81. The first-order valence-corrected chi connectivity index (χ1v) is 11.1. The highest BCUT2D eigenvalue weighted by molar-refractivity contribution is 7.89. The summed E-state index contributed by atoms with van der Waals surface area (Å²) in [5, 5.41) is 2.64. The first kappa shape index (κ1) is 23.0. The number of morpholine rings is 1. The van der Waals surface area contributed by atoms with Gasteiger partial charge >= 0.3 is 5.97 Å². The molecular weight excluding hydrogens is 448 g/mol. The molecule has 0 bridgehead atoms. The zero-order valence-electron chi connectivity index (χ0n) is 16.7. The monoisotopic (exact) mass is 468 g/mol. The Kier molecular flexibility index (Phi) is 7.50. The lowest BCUT2D eigenvalue weighted by molar-refractivity contribution is -0.118. The molecule has 1 saturated heterocycles. The molecule has 2 aromatic rings. The lowest BCUT2D eigenvalue weighted by Gasteiger charge is -2.26. The van der Waals surface area contributed by atoms with Crippen LogP contribution in [-0.2, 0) is 24.3 Å². The van der Waals surface area contributed by atoms with Crippen LogP contribution in [-0.4, -0.2) is 64.6 Å². The third-order valence-electron chi connectivity index (χ3n) is 4.43. The molecule has 1 amide bonds. The van der Waals surface area contributed by atoms with Crippen molar-refractivity contribution >= 4 is 39.2 Å². The zero-order chi connectivity index (χ0) is 22.4. The van der Waals surface area contributed by atoms with Crippen molar-refractivity contribution in [3.8, 4) is 5.75 Å². The van der Waals surface area contributed by atoms with Crippen molar-refractivity contribution in [2.45, 2.75) is 4.90 Å². The summed E-state index contributed by atoms with van der Waals surface area (Å²) in [5.41, 5.74) is 0.546. The number of amides is 1. The molecule has 0 atom stereocenters. The predicted molar refractivity (Wildman–Crippen MR) is 113 cm³/mol. The van der Waals surface area contributed by atoms with Gasteiger partial charge in [-0.3, -0.25) is 4.79 Å². The molecule has 0 saturated carbocycles. The average molecular weight is 469 g/mol. The van der Waals surface area contributed by atoms with Crippen molar-refractivity contribution in [3.63, 3.8) is 0 Å². The van der Waals surface area contributed by atoms with Crippen LogP contribution in [0.25, 0.3) is 0 Å². The van der Waals surface area contributed by atoms with Gasteiger partial charge in [-0.15, -0.1) is 0 Å². The van der Waals surface area contributed by atoms with E-state index in [-0.39, 0.29) is 40.9 Å². The summed E-state index contributed by atoms with van der Waals surface area (Å²) in [6, 6.07) is 10.4. The second kappa shape index (κ2) is 10.1. The van der Waals surface area contributed by atoms with Gasteiger partial charge in [0.15, 0.2) is 6.61 Å². The number of ether oxygens (including phenoxy) is 3. The highest BCUT2D eigenvalue weighted by Gasteiger charge is 2.28. The molecule has 0 aliphatic carbocycles. The molecule has 11 heteroatoms. The molecule has 2 aromatic carbocycles. The quantitative estimate of drug-likeness (QED) is 0.620. The van der Waals surface area contributed by atoms with E-state index in [2.05, 4.69) is 10.1 Å². The van der Waals surface area contributed by atoms with Crippen LogP contribution in [0.2, 0.25) is 5.02 Å². The van der Waals surface area contributed by atoms with Crippen LogP contribution in [0.3, 0.4) is 0 Å². The van der Waals surface area contributed by atoms with Crippen LogP contribution in [0.1, 0.15) is 10.4 Å². The normalized spacial score (nSPS) is 14.6. The number of carbonyl (C=O) groups is 2. The van der Waals surface area contributed by atoms with Gasteiger partial charge < -0.3 is 19.5 Å². The molecule has 0 radical (unpaired) electrons. The van der Waals surface area contributed by atoms with Gasteiger partial charge in [0.05, 0.1) is 30.9 Å². The van der Waals surface area contributed by atoms with Crippen molar-refractivity contribution in [1.29, 1.82) is 0 Å². The standard InChI is InChI=1S/C20H21ClN2O7S/c1-28-20(25)14-3-2-4-16(11-14)30-13-19(24)22-15-5-6-17(21)18(12-15)31(26,27)23-7-9-29-10-8-23/h2-6,11-12H,7-10,13H2,1H3,(H,22,24). The van der Waals surface area contributed by atoms with Gasteiger partial charge in [0, 0.05) is 18.8 Å². The smallest absolute Gasteiger partial charge is 0.337 e. The molecule has 1 aliphatic rings. The van der Waals surface area contributed by atoms with Gasteiger partial charge in [0.25, 0.3) is 5.91 Å². The molecule has 1 heterocycles. The highest BCUT2D eigenvalue weighted by Crippen LogP contribution is 2.28. The Morgan fingerprint density at radius 1 is 1.16 bits per heavy atom. The highest BCUT2D eigenvalue weighted by atomic mass is 35.5. The molecule has 0 spiro atoms. The number of hydrogen-bond donors (Lipinski definition) is 1. The van der Waals surface area contributed by atoms with Crippen molar-refractivity contribution < 1.29 is 32.2 Å². The van der Waals surface area contributed by atoms with Gasteiger partial charge in [-0.05, 0) is 36.4 Å². The van der Waals surface area contributed by atoms with Crippen LogP contribution in [0.5, 0.6) is 5.75 Å². The fourth-order valence-electron chi connectivity index (χ4n) is 2.88. The molecule has 3 rings (SSSR count). The van der Waals surface area contributed by atoms with Crippen molar-refractivity contribution in [3.05, 3.63) is 53.1 Å². The molecule has 1 aliphatic heterocycles. The Morgan fingerprint density at radius 2 is 1.90 bits per heavy atom. The van der Waals surface area contributed by atoms with Crippen LogP contribution in [0.15, 0.2) is 47.4 Å². The summed E-state index contributed by atoms with van der Waals surface area (Å²) in [4.78, 5) is 23.7. The van der Waals surface area contributed by atoms with Crippen LogP contribution in [0.4, 0.5) is 5.69 Å².